The van der Waals surface area contributed by atoms with E-state index in [1.807, 2.05) is 0 Å². The molecular weight excluding hydrogens is 268 g/mol. The van der Waals surface area contributed by atoms with Crippen molar-refractivity contribution >= 4 is 16.2 Å². The van der Waals surface area contributed by atoms with Crippen LogP contribution in [0.1, 0.15) is 48.5 Å². The van der Waals surface area contributed by atoms with Crippen LogP contribution in [0.4, 0.5) is 0 Å². The van der Waals surface area contributed by atoms with Crippen LogP contribution in [0.3, 0.4) is 0 Å². The van der Waals surface area contributed by atoms with E-state index in [4.69, 9.17) is 4.74 Å². The zero-order valence-electron chi connectivity index (χ0n) is 12.8. The highest BCUT2D eigenvalue weighted by molar-refractivity contribution is 7.87. The Bertz CT molecular complexity index is 396. The van der Waals surface area contributed by atoms with Gasteiger partial charge in [-0.25, -0.2) is 0 Å². The predicted octanol–water partition coefficient (Wildman–Crippen LogP) is 1.19. The molecule has 2 N–H and O–H groups in total. The molecule has 0 saturated heterocycles. The Hall–Kier alpha value is -0.660. The van der Waals surface area contributed by atoms with Crippen LogP contribution in [0.2, 0.25) is 0 Å². The van der Waals surface area contributed by atoms with Crippen molar-refractivity contribution < 1.29 is 17.9 Å². The maximum atomic E-state index is 12.0. The van der Waals surface area contributed by atoms with E-state index in [9.17, 15) is 13.2 Å². The van der Waals surface area contributed by atoms with Gasteiger partial charge in [-0.05, 0) is 40.5 Å². The highest BCUT2D eigenvalue weighted by Gasteiger charge is 2.31. The maximum absolute atomic E-state index is 12.0. The largest absolute Gasteiger partial charge is 0.459 e. The fourth-order valence-corrected chi connectivity index (χ4v) is 2.72. The molecule has 0 aromatic heterocycles. The van der Waals surface area contributed by atoms with Crippen molar-refractivity contribution in [2.24, 2.45) is 5.92 Å². The summed E-state index contributed by atoms with van der Waals surface area (Å²) >= 11 is 0. The van der Waals surface area contributed by atoms with Gasteiger partial charge >= 0.3 is 5.97 Å². The zero-order valence-corrected chi connectivity index (χ0v) is 13.6. The lowest BCUT2D eigenvalue weighted by atomic mass is 10.1. The zero-order chi connectivity index (χ0) is 15.4. The van der Waals surface area contributed by atoms with Crippen LogP contribution in [0.15, 0.2) is 0 Å². The lowest BCUT2D eigenvalue weighted by Gasteiger charge is -2.26. The van der Waals surface area contributed by atoms with Crippen LogP contribution in [-0.2, 0) is 19.7 Å². The third-order valence-electron chi connectivity index (χ3n) is 2.00. The van der Waals surface area contributed by atoms with Crippen molar-refractivity contribution in [3.05, 3.63) is 0 Å². The molecule has 1 atom stereocenters. The number of ether oxygens (including phenoxy) is 1. The van der Waals surface area contributed by atoms with E-state index in [-0.39, 0.29) is 12.0 Å². The molecule has 0 aromatic rings. The fourth-order valence-electron chi connectivity index (χ4n) is 1.33. The average Bonchev–Trinajstić information content (AvgIpc) is 2.08. The second-order valence-electron chi connectivity index (χ2n) is 6.15. The van der Waals surface area contributed by atoms with Gasteiger partial charge in [-0.15, -0.1) is 0 Å². The van der Waals surface area contributed by atoms with Gasteiger partial charge in [0.1, 0.15) is 11.6 Å². The standard InChI is InChI=1S/C12H26N2O4S/c1-8(2)10(11(15)18-12(5,6)7)14-19(16,17)13-9(3)4/h8-10,13-14H,1-7H3/t10-/m0/s1. The molecule has 0 unspecified atom stereocenters. The number of hydrogen-bond acceptors (Lipinski definition) is 4. The second-order valence-corrected chi connectivity index (χ2v) is 7.63. The first kappa shape index (κ1) is 18.3. The molecule has 19 heavy (non-hydrogen) atoms. The lowest BCUT2D eigenvalue weighted by Crippen LogP contribution is -2.51. The quantitative estimate of drug-likeness (QED) is 0.721. The molecule has 0 aromatic carbocycles. The Morgan fingerprint density at radius 2 is 1.53 bits per heavy atom. The summed E-state index contributed by atoms with van der Waals surface area (Å²) in [6.07, 6.45) is 0. The second kappa shape index (κ2) is 6.67. The molecule has 6 nitrogen and oxygen atoms in total. The van der Waals surface area contributed by atoms with E-state index < -0.39 is 27.8 Å². The molecular formula is C12H26N2O4S. The molecule has 0 spiro atoms. The molecule has 0 aliphatic rings. The highest BCUT2D eigenvalue weighted by Crippen LogP contribution is 2.12. The minimum atomic E-state index is -3.73. The normalized spacial score (nSPS) is 14.8. The van der Waals surface area contributed by atoms with Gasteiger partial charge in [0.25, 0.3) is 10.2 Å². The topological polar surface area (TPSA) is 84.5 Å². The van der Waals surface area contributed by atoms with E-state index in [0.717, 1.165) is 0 Å². The van der Waals surface area contributed by atoms with Crippen LogP contribution >= 0.6 is 0 Å². The van der Waals surface area contributed by atoms with Crippen LogP contribution in [0.5, 0.6) is 0 Å². The Morgan fingerprint density at radius 3 is 1.84 bits per heavy atom. The summed E-state index contributed by atoms with van der Waals surface area (Å²) in [5.74, 6) is -0.782. The van der Waals surface area contributed by atoms with Gasteiger partial charge in [-0.1, -0.05) is 13.8 Å². The van der Waals surface area contributed by atoms with Gasteiger partial charge < -0.3 is 4.74 Å². The number of esters is 1. The van der Waals surface area contributed by atoms with Crippen molar-refractivity contribution in [2.45, 2.75) is 66.2 Å². The summed E-state index contributed by atoms with van der Waals surface area (Å²) in [5, 5.41) is 0. The van der Waals surface area contributed by atoms with Crippen LogP contribution in [0.25, 0.3) is 0 Å². The minimum Gasteiger partial charge on any atom is -0.459 e. The van der Waals surface area contributed by atoms with Crippen molar-refractivity contribution in [1.82, 2.24) is 9.44 Å². The maximum Gasteiger partial charge on any atom is 0.325 e. The van der Waals surface area contributed by atoms with Crippen molar-refractivity contribution in [2.75, 3.05) is 0 Å². The fraction of sp³-hybridized carbons (Fsp3) is 0.917. The Labute approximate surface area is 116 Å². The summed E-state index contributed by atoms with van der Waals surface area (Å²) in [4.78, 5) is 12.0. The first-order valence-electron chi connectivity index (χ1n) is 6.36. The molecule has 0 rings (SSSR count). The van der Waals surface area contributed by atoms with Crippen LogP contribution < -0.4 is 9.44 Å². The summed E-state index contributed by atoms with van der Waals surface area (Å²) in [6, 6.07) is -1.15. The SMILES string of the molecule is CC(C)NS(=O)(=O)N[C@H](C(=O)OC(C)(C)C)C(C)C. The Kier molecular flexibility index (Phi) is 6.44. The van der Waals surface area contributed by atoms with Gasteiger partial charge in [0.15, 0.2) is 0 Å². The molecule has 114 valence electrons. The number of nitrogens with one attached hydrogen (secondary N) is 2. The van der Waals surface area contributed by atoms with Gasteiger partial charge in [0, 0.05) is 6.04 Å². The average molecular weight is 294 g/mol. The predicted molar refractivity (Wildman–Crippen MR) is 74.8 cm³/mol. The summed E-state index contributed by atoms with van der Waals surface area (Å²) in [6.45, 7) is 12.1. The number of carbonyl (C=O) groups excluding carboxylic acids is 1. The molecule has 0 heterocycles. The molecule has 0 saturated carbocycles. The first-order chi connectivity index (χ1) is 8.34. The molecule has 0 radical (unpaired) electrons. The monoisotopic (exact) mass is 294 g/mol. The van der Waals surface area contributed by atoms with Gasteiger partial charge in [0.2, 0.25) is 0 Å². The number of hydrogen-bond donors (Lipinski definition) is 2. The molecule has 0 aliphatic carbocycles. The van der Waals surface area contributed by atoms with Gasteiger partial charge in [-0.2, -0.15) is 17.9 Å². The van der Waals surface area contributed by atoms with Gasteiger partial charge in [-0.3, -0.25) is 4.79 Å². The van der Waals surface area contributed by atoms with Crippen molar-refractivity contribution in [1.29, 1.82) is 0 Å². The Morgan fingerprint density at radius 1 is 1.05 bits per heavy atom. The van der Waals surface area contributed by atoms with E-state index in [2.05, 4.69) is 9.44 Å². The molecule has 0 amide bonds. The summed E-state index contributed by atoms with van der Waals surface area (Å²) in [5.41, 5.74) is -0.652. The Balaban J connectivity index is 4.90. The van der Waals surface area contributed by atoms with Crippen molar-refractivity contribution in [3.8, 4) is 0 Å². The van der Waals surface area contributed by atoms with E-state index in [1.54, 1.807) is 48.5 Å². The molecule has 0 aliphatic heterocycles. The van der Waals surface area contributed by atoms with E-state index >= 15 is 0 Å². The number of carbonyl (C=O) groups is 1. The smallest absolute Gasteiger partial charge is 0.325 e. The van der Waals surface area contributed by atoms with E-state index in [0.29, 0.717) is 0 Å². The molecule has 0 fully saturated rings. The lowest BCUT2D eigenvalue weighted by molar-refractivity contribution is -0.158. The molecule has 7 heteroatoms. The minimum absolute atomic E-state index is 0.210. The molecule has 0 bridgehead atoms. The van der Waals surface area contributed by atoms with Crippen LogP contribution in [-0.4, -0.2) is 32.1 Å². The van der Waals surface area contributed by atoms with Crippen LogP contribution in [0, 0.1) is 5.92 Å². The van der Waals surface area contributed by atoms with E-state index in [1.165, 1.54) is 0 Å². The summed E-state index contributed by atoms with van der Waals surface area (Å²) in [7, 11) is -3.73. The van der Waals surface area contributed by atoms with Gasteiger partial charge in [0.05, 0.1) is 0 Å². The third kappa shape index (κ3) is 8.18. The summed E-state index contributed by atoms with van der Waals surface area (Å²) < 4.78 is 33.5. The van der Waals surface area contributed by atoms with Crippen molar-refractivity contribution in [3.63, 3.8) is 0 Å². The first-order valence-corrected chi connectivity index (χ1v) is 7.85. The third-order valence-corrected chi connectivity index (χ3v) is 3.35. The number of rotatable bonds is 6. The highest BCUT2D eigenvalue weighted by atomic mass is 32.2.